The van der Waals surface area contributed by atoms with Crippen molar-refractivity contribution in [3.05, 3.63) is 10.7 Å². The number of morpholine rings is 1. The van der Waals surface area contributed by atoms with Crippen molar-refractivity contribution in [2.24, 2.45) is 0 Å². The second-order valence-corrected chi connectivity index (χ2v) is 10.0. The molecule has 2 saturated heterocycles. The number of nitrogens with one attached hydrogen (secondary N) is 1. The number of hydrogen-bond donors (Lipinski definition) is 2. The number of halogens is 1. The first kappa shape index (κ1) is 21.8. The van der Waals surface area contributed by atoms with Gasteiger partial charge in [0, 0.05) is 44.8 Å². The van der Waals surface area contributed by atoms with Crippen LogP contribution in [0, 0.1) is 0 Å². The number of thiocarbonyl (C=S) groups is 1. The van der Waals surface area contributed by atoms with Gasteiger partial charge in [0.2, 0.25) is 5.95 Å². The first-order valence-electron chi connectivity index (χ1n) is 10.6. The average molecular weight is 455 g/mol. The molecule has 0 aliphatic carbocycles. The Morgan fingerprint density at radius 2 is 2.00 bits per heavy atom. The molecular formula is C20H31ClN6O2S. The molecule has 8 nitrogen and oxygen atoms in total. The van der Waals surface area contributed by atoms with Crippen molar-refractivity contribution >= 4 is 40.7 Å². The van der Waals surface area contributed by atoms with Gasteiger partial charge in [-0.1, -0.05) is 11.6 Å². The van der Waals surface area contributed by atoms with Crippen molar-refractivity contribution in [2.45, 2.75) is 44.8 Å². The van der Waals surface area contributed by atoms with Crippen LogP contribution in [0.2, 0.25) is 5.15 Å². The van der Waals surface area contributed by atoms with Gasteiger partial charge in [-0.3, -0.25) is 0 Å². The quantitative estimate of drug-likeness (QED) is 0.519. The van der Waals surface area contributed by atoms with E-state index in [2.05, 4.69) is 31.9 Å². The fourth-order valence-corrected chi connectivity index (χ4v) is 4.86. The number of aromatic nitrogens is 2. The smallest absolute Gasteiger partial charge is 0.228 e. The zero-order valence-corrected chi connectivity index (χ0v) is 19.5. The number of anilines is 2. The molecule has 2 N–H and O–H groups in total. The summed E-state index contributed by atoms with van der Waals surface area (Å²) in [6, 6.07) is 0. The predicted octanol–water partition coefficient (Wildman–Crippen LogP) is 1.44. The van der Waals surface area contributed by atoms with Gasteiger partial charge in [-0.05, 0) is 45.8 Å². The molecular weight excluding hydrogens is 424 g/mol. The molecule has 1 aromatic rings. The van der Waals surface area contributed by atoms with Gasteiger partial charge < -0.3 is 29.9 Å². The van der Waals surface area contributed by atoms with Crippen molar-refractivity contribution in [3.63, 3.8) is 0 Å². The fraction of sp³-hybridized carbons (Fsp3) is 0.750. The van der Waals surface area contributed by atoms with Crippen LogP contribution in [-0.4, -0.2) is 88.7 Å². The summed E-state index contributed by atoms with van der Waals surface area (Å²) in [6.45, 7) is 11.7. The van der Waals surface area contributed by atoms with Gasteiger partial charge >= 0.3 is 0 Å². The van der Waals surface area contributed by atoms with E-state index in [1.54, 1.807) is 13.8 Å². The second-order valence-electron chi connectivity index (χ2n) is 9.26. The lowest BCUT2D eigenvalue weighted by Gasteiger charge is -2.37. The van der Waals surface area contributed by atoms with Crippen LogP contribution in [0.3, 0.4) is 0 Å². The zero-order chi connectivity index (χ0) is 21.5. The number of rotatable bonds is 4. The van der Waals surface area contributed by atoms with Crippen LogP contribution in [0.15, 0.2) is 0 Å². The third kappa shape index (κ3) is 4.44. The van der Waals surface area contributed by atoms with Gasteiger partial charge in [0.1, 0.15) is 11.0 Å². The molecule has 0 saturated carbocycles. The van der Waals surface area contributed by atoms with Crippen LogP contribution < -0.4 is 15.1 Å². The van der Waals surface area contributed by atoms with Crippen molar-refractivity contribution < 1.29 is 9.84 Å². The normalized spacial score (nSPS) is 24.4. The van der Waals surface area contributed by atoms with Crippen LogP contribution in [-0.2, 0) is 11.2 Å². The molecule has 30 heavy (non-hydrogen) atoms. The monoisotopic (exact) mass is 454 g/mol. The minimum absolute atomic E-state index is 0.0916. The molecule has 0 amide bonds. The molecule has 1 unspecified atom stereocenters. The molecule has 0 radical (unpaired) electrons. The molecule has 3 aliphatic rings. The third-order valence-electron chi connectivity index (χ3n) is 6.12. The van der Waals surface area contributed by atoms with Crippen LogP contribution in [0.1, 0.15) is 32.8 Å². The molecule has 2 fully saturated rings. The number of likely N-dealkylation sites (tertiary alicyclic amines) is 1. The standard InChI is InChI=1S/C20H31ClN6O2S/c1-19(2,28)12-22-18(30)26-7-5-20(3,13-26)27-6-4-14-15(21)23-17(24-16(14)27)25-8-10-29-11-9-25/h28H,4-13H2,1-3H3,(H,22,30). The summed E-state index contributed by atoms with van der Waals surface area (Å²) in [5, 5.41) is 14.4. The Hall–Kier alpha value is -1.42. The first-order chi connectivity index (χ1) is 14.2. The molecule has 4 heterocycles. The highest BCUT2D eigenvalue weighted by Gasteiger charge is 2.44. The number of ether oxygens (including phenoxy) is 1. The predicted molar refractivity (Wildman–Crippen MR) is 123 cm³/mol. The SMILES string of the molecule is CC(C)(O)CNC(=S)N1CCC(C)(N2CCc3c(Cl)nc(N4CCOCC4)nc32)C1. The maximum absolute atomic E-state index is 9.97. The summed E-state index contributed by atoms with van der Waals surface area (Å²) in [4.78, 5) is 16.2. The molecule has 1 aromatic heterocycles. The number of nitrogens with zero attached hydrogens (tertiary/aromatic N) is 5. The third-order valence-corrected chi connectivity index (χ3v) is 6.84. The van der Waals surface area contributed by atoms with Crippen LogP contribution in [0.25, 0.3) is 0 Å². The minimum Gasteiger partial charge on any atom is -0.389 e. The maximum Gasteiger partial charge on any atom is 0.228 e. The molecule has 10 heteroatoms. The van der Waals surface area contributed by atoms with Crippen molar-refractivity contribution in [3.8, 4) is 0 Å². The van der Waals surface area contributed by atoms with Crippen LogP contribution >= 0.6 is 23.8 Å². The Bertz CT molecular complexity index is 813. The highest BCUT2D eigenvalue weighted by atomic mass is 35.5. The summed E-state index contributed by atoms with van der Waals surface area (Å²) >= 11 is 12.2. The fourth-order valence-electron chi connectivity index (χ4n) is 4.38. The molecule has 3 aliphatic heterocycles. The largest absolute Gasteiger partial charge is 0.389 e. The van der Waals surface area contributed by atoms with Crippen molar-refractivity contribution in [1.29, 1.82) is 0 Å². The van der Waals surface area contributed by atoms with Crippen molar-refractivity contribution in [1.82, 2.24) is 20.2 Å². The Morgan fingerprint density at radius 3 is 2.70 bits per heavy atom. The summed E-state index contributed by atoms with van der Waals surface area (Å²) < 4.78 is 5.46. The van der Waals surface area contributed by atoms with E-state index in [0.717, 1.165) is 56.9 Å². The van der Waals surface area contributed by atoms with E-state index in [1.165, 1.54) is 0 Å². The highest BCUT2D eigenvalue weighted by Crippen LogP contribution is 2.40. The van der Waals surface area contributed by atoms with Gasteiger partial charge in [0.15, 0.2) is 5.11 Å². The average Bonchev–Trinajstić information content (AvgIpc) is 3.31. The first-order valence-corrected chi connectivity index (χ1v) is 11.4. The van der Waals surface area contributed by atoms with Gasteiger partial charge in [-0.25, -0.2) is 4.98 Å². The Morgan fingerprint density at radius 1 is 1.27 bits per heavy atom. The number of aliphatic hydroxyl groups is 1. The van der Waals surface area contributed by atoms with Crippen molar-refractivity contribution in [2.75, 3.05) is 62.3 Å². The van der Waals surface area contributed by atoms with E-state index in [9.17, 15) is 5.11 Å². The van der Waals surface area contributed by atoms with E-state index in [1.807, 2.05) is 0 Å². The molecule has 4 rings (SSSR count). The summed E-state index contributed by atoms with van der Waals surface area (Å²) in [5.41, 5.74) is 0.145. The van der Waals surface area contributed by atoms with E-state index >= 15 is 0 Å². The Kier molecular flexibility index (Phi) is 6.00. The number of fused-ring (bicyclic) bond motifs is 1. The van der Waals surface area contributed by atoms with Gasteiger partial charge in [-0.2, -0.15) is 4.98 Å². The molecule has 166 valence electrons. The lowest BCUT2D eigenvalue weighted by molar-refractivity contribution is 0.0843. The summed E-state index contributed by atoms with van der Waals surface area (Å²) in [5.74, 6) is 1.64. The maximum atomic E-state index is 9.97. The lowest BCUT2D eigenvalue weighted by Crippen LogP contribution is -2.50. The molecule has 1 atom stereocenters. The van der Waals surface area contributed by atoms with Crippen LogP contribution in [0.4, 0.5) is 11.8 Å². The Balaban J connectivity index is 1.51. The topological polar surface area (TPSA) is 77.0 Å². The van der Waals surface area contributed by atoms with E-state index in [4.69, 9.17) is 33.5 Å². The lowest BCUT2D eigenvalue weighted by atomic mass is 9.99. The van der Waals surface area contributed by atoms with Gasteiger partial charge in [0.25, 0.3) is 0 Å². The van der Waals surface area contributed by atoms with E-state index < -0.39 is 5.60 Å². The van der Waals surface area contributed by atoms with E-state index in [-0.39, 0.29) is 5.54 Å². The molecule has 0 bridgehead atoms. The van der Waals surface area contributed by atoms with Crippen LogP contribution in [0.5, 0.6) is 0 Å². The molecule has 0 spiro atoms. The van der Waals surface area contributed by atoms with E-state index in [0.29, 0.717) is 36.0 Å². The zero-order valence-electron chi connectivity index (χ0n) is 17.9. The summed E-state index contributed by atoms with van der Waals surface area (Å²) in [6.07, 6.45) is 1.83. The number of hydrogen-bond acceptors (Lipinski definition) is 7. The summed E-state index contributed by atoms with van der Waals surface area (Å²) in [7, 11) is 0. The van der Waals surface area contributed by atoms with Gasteiger partial charge in [-0.15, -0.1) is 0 Å². The minimum atomic E-state index is -0.801. The van der Waals surface area contributed by atoms with Gasteiger partial charge in [0.05, 0.1) is 24.4 Å². The second kappa shape index (κ2) is 8.26. The molecule has 0 aromatic carbocycles. The highest BCUT2D eigenvalue weighted by molar-refractivity contribution is 7.80. The Labute approximate surface area is 188 Å².